The van der Waals surface area contributed by atoms with Crippen LogP contribution in [0.1, 0.15) is 24.2 Å². The number of rotatable bonds is 1. The van der Waals surface area contributed by atoms with Crippen LogP contribution in [0.5, 0.6) is 0 Å². The first kappa shape index (κ1) is 11.8. The Labute approximate surface area is 109 Å². The molecule has 0 saturated heterocycles. The van der Waals surface area contributed by atoms with E-state index in [-0.39, 0.29) is 5.56 Å². The van der Waals surface area contributed by atoms with E-state index in [9.17, 15) is 8.78 Å². The van der Waals surface area contributed by atoms with Crippen molar-refractivity contribution >= 4 is 0 Å². The van der Waals surface area contributed by atoms with Crippen LogP contribution in [0.25, 0.3) is 11.4 Å². The summed E-state index contributed by atoms with van der Waals surface area (Å²) in [5.41, 5.74) is 1.26. The molecule has 2 heterocycles. The molecular formula is C14H11F2N3. The second kappa shape index (κ2) is 4.47. The molecule has 0 radical (unpaired) electrons. The van der Waals surface area contributed by atoms with Gasteiger partial charge in [0.15, 0.2) is 5.69 Å². The van der Waals surface area contributed by atoms with E-state index in [0.717, 1.165) is 43.2 Å². The number of hydrogen-bond donors (Lipinski definition) is 0. The lowest BCUT2D eigenvalue weighted by Crippen LogP contribution is -2.12. The Bertz CT molecular complexity index is 683. The van der Waals surface area contributed by atoms with Crippen LogP contribution >= 0.6 is 0 Å². The van der Waals surface area contributed by atoms with Gasteiger partial charge in [-0.15, -0.1) is 0 Å². The molecular weight excluding hydrogens is 248 g/mol. The van der Waals surface area contributed by atoms with E-state index >= 15 is 0 Å². The lowest BCUT2D eigenvalue weighted by molar-refractivity contribution is 0.533. The van der Waals surface area contributed by atoms with Crippen molar-refractivity contribution in [2.24, 2.45) is 0 Å². The van der Waals surface area contributed by atoms with Crippen LogP contribution in [0.3, 0.4) is 0 Å². The van der Waals surface area contributed by atoms with Gasteiger partial charge in [-0.25, -0.2) is 13.8 Å². The van der Waals surface area contributed by atoms with Gasteiger partial charge in [0.25, 0.3) is 0 Å². The molecule has 0 fully saturated rings. The molecule has 0 spiro atoms. The fraction of sp³-hybridized carbons (Fsp3) is 0.286. The highest BCUT2D eigenvalue weighted by molar-refractivity contribution is 5.59. The highest BCUT2D eigenvalue weighted by Crippen LogP contribution is 2.29. The molecule has 19 heavy (non-hydrogen) atoms. The van der Waals surface area contributed by atoms with Gasteiger partial charge in [-0.3, -0.25) is 0 Å². The average molecular weight is 259 g/mol. The zero-order chi connectivity index (χ0) is 13.4. The molecule has 0 unspecified atom stereocenters. The minimum absolute atomic E-state index is 0.115. The second-order valence-corrected chi connectivity index (χ2v) is 4.58. The summed E-state index contributed by atoms with van der Waals surface area (Å²) >= 11 is 0. The highest BCUT2D eigenvalue weighted by Gasteiger charge is 2.22. The quantitative estimate of drug-likeness (QED) is 0.789. The monoisotopic (exact) mass is 259 g/mol. The summed E-state index contributed by atoms with van der Waals surface area (Å²) in [5.74, 6) is -0.685. The molecule has 1 aromatic carbocycles. The van der Waals surface area contributed by atoms with E-state index in [1.165, 1.54) is 0 Å². The van der Waals surface area contributed by atoms with Gasteiger partial charge in [-0.2, -0.15) is 5.26 Å². The molecule has 0 N–H and O–H groups in total. The fourth-order valence-corrected chi connectivity index (χ4v) is 2.51. The number of imidazole rings is 1. The zero-order valence-corrected chi connectivity index (χ0v) is 10.2. The topological polar surface area (TPSA) is 41.6 Å². The third-order valence-corrected chi connectivity index (χ3v) is 3.39. The maximum atomic E-state index is 13.8. The van der Waals surface area contributed by atoms with Crippen LogP contribution in [0.15, 0.2) is 18.2 Å². The first-order valence-electron chi connectivity index (χ1n) is 6.15. The van der Waals surface area contributed by atoms with Crippen molar-refractivity contribution < 1.29 is 8.78 Å². The first-order valence-corrected chi connectivity index (χ1v) is 6.15. The Morgan fingerprint density at radius 1 is 1.26 bits per heavy atom. The summed E-state index contributed by atoms with van der Waals surface area (Å²) in [6, 6.07) is 5.31. The van der Waals surface area contributed by atoms with Gasteiger partial charge in [0.2, 0.25) is 0 Å². The van der Waals surface area contributed by atoms with E-state index in [1.54, 1.807) is 0 Å². The zero-order valence-electron chi connectivity index (χ0n) is 10.2. The first-order chi connectivity index (χ1) is 9.20. The van der Waals surface area contributed by atoms with Crippen LogP contribution in [0.2, 0.25) is 0 Å². The molecule has 1 aliphatic heterocycles. The number of aromatic nitrogens is 2. The van der Waals surface area contributed by atoms with Crippen molar-refractivity contribution in [3.05, 3.63) is 41.2 Å². The van der Waals surface area contributed by atoms with Gasteiger partial charge >= 0.3 is 0 Å². The molecule has 0 atom stereocenters. The van der Waals surface area contributed by atoms with Gasteiger partial charge < -0.3 is 4.57 Å². The lowest BCUT2D eigenvalue weighted by atomic mass is 10.1. The number of halogens is 2. The normalized spacial score (nSPS) is 13.9. The molecule has 2 aromatic rings. The molecule has 0 bridgehead atoms. The smallest absolute Gasteiger partial charge is 0.162 e. The Kier molecular flexibility index (Phi) is 2.79. The van der Waals surface area contributed by atoms with Crippen LogP contribution in [-0.2, 0) is 13.0 Å². The standard InChI is InChI=1S/C14H11F2N3/c15-9-4-5-11(16)10(7-9)14-18-12(8-17)13-3-1-2-6-19(13)14/h4-5,7H,1-3,6H2. The van der Waals surface area contributed by atoms with Crippen molar-refractivity contribution in [2.75, 3.05) is 0 Å². The lowest BCUT2D eigenvalue weighted by Gasteiger charge is -2.16. The summed E-state index contributed by atoms with van der Waals surface area (Å²) in [7, 11) is 0. The number of nitriles is 1. The largest absolute Gasteiger partial charge is 0.327 e. The van der Waals surface area contributed by atoms with Crippen molar-refractivity contribution in [1.82, 2.24) is 9.55 Å². The maximum absolute atomic E-state index is 13.8. The summed E-state index contributed by atoms with van der Waals surface area (Å²) in [6.07, 6.45) is 2.70. The maximum Gasteiger partial charge on any atom is 0.162 e. The fourth-order valence-electron chi connectivity index (χ4n) is 2.51. The van der Waals surface area contributed by atoms with Crippen LogP contribution in [0, 0.1) is 23.0 Å². The number of hydrogen-bond acceptors (Lipinski definition) is 2. The van der Waals surface area contributed by atoms with E-state index in [0.29, 0.717) is 18.1 Å². The minimum Gasteiger partial charge on any atom is -0.327 e. The third kappa shape index (κ3) is 1.89. The molecule has 3 nitrogen and oxygen atoms in total. The van der Waals surface area contributed by atoms with Gasteiger partial charge in [0.1, 0.15) is 23.5 Å². The summed E-state index contributed by atoms with van der Waals surface area (Å²) in [4.78, 5) is 4.18. The molecule has 0 amide bonds. The Morgan fingerprint density at radius 2 is 2.11 bits per heavy atom. The third-order valence-electron chi connectivity index (χ3n) is 3.39. The van der Waals surface area contributed by atoms with Crippen LogP contribution in [-0.4, -0.2) is 9.55 Å². The summed E-state index contributed by atoms with van der Waals surface area (Å²) in [5, 5.41) is 9.08. The predicted octanol–water partition coefficient (Wildman–Crippen LogP) is 3.04. The number of nitrogens with zero attached hydrogens (tertiary/aromatic N) is 3. The summed E-state index contributed by atoms with van der Waals surface area (Å²) in [6.45, 7) is 0.690. The van der Waals surface area contributed by atoms with Crippen molar-refractivity contribution in [3.63, 3.8) is 0 Å². The number of fused-ring (bicyclic) bond motifs is 1. The van der Waals surface area contributed by atoms with E-state index in [4.69, 9.17) is 5.26 Å². The molecule has 1 aromatic heterocycles. The van der Waals surface area contributed by atoms with E-state index in [2.05, 4.69) is 4.98 Å². The van der Waals surface area contributed by atoms with Crippen LogP contribution in [0.4, 0.5) is 8.78 Å². The molecule has 96 valence electrons. The highest BCUT2D eigenvalue weighted by atomic mass is 19.1. The number of benzene rings is 1. The second-order valence-electron chi connectivity index (χ2n) is 4.58. The molecule has 1 aliphatic rings. The van der Waals surface area contributed by atoms with Crippen molar-refractivity contribution in [1.29, 1.82) is 5.26 Å². The predicted molar refractivity (Wildman–Crippen MR) is 65.2 cm³/mol. The van der Waals surface area contributed by atoms with E-state index < -0.39 is 11.6 Å². The minimum atomic E-state index is -0.524. The summed E-state index contributed by atoms with van der Waals surface area (Å²) < 4.78 is 29.0. The average Bonchev–Trinajstić information content (AvgIpc) is 2.80. The van der Waals surface area contributed by atoms with Crippen LogP contribution < -0.4 is 0 Å². The molecule has 0 aliphatic carbocycles. The van der Waals surface area contributed by atoms with Gasteiger partial charge in [0.05, 0.1) is 11.3 Å². The van der Waals surface area contributed by atoms with Crippen molar-refractivity contribution in [3.8, 4) is 17.5 Å². The SMILES string of the molecule is N#Cc1nc(-c2cc(F)ccc2F)n2c1CCCC2. The van der Waals surface area contributed by atoms with E-state index in [1.807, 2.05) is 10.6 Å². The van der Waals surface area contributed by atoms with Crippen molar-refractivity contribution in [2.45, 2.75) is 25.8 Å². The Hall–Kier alpha value is -2.22. The molecule has 0 saturated carbocycles. The van der Waals surface area contributed by atoms with Gasteiger partial charge in [-0.05, 0) is 37.5 Å². The Morgan fingerprint density at radius 3 is 2.89 bits per heavy atom. The molecule has 5 heteroatoms. The van der Waals surface area contributed by atoms with Gasteiger partial charge in [-0.1, -0.05) is 0 Å². The molecule has 3 rings (SSSR count). The van der Waals surface area contributed by atoms with Gasteiger partial charge in [0, 0.05) is 6.54 Å². The Balaban J connectivity index is 2.23.